The number of ether oxygens (including phenoxy) is 1. The van der Waals surface area contributed by atoms with Crippen molar-refractivity contribution >= 4 is 10.0 Å². The van der Waals surface area contributed by atoms with Gasteiger partial charge in [-0.15, -0.1) is 0 Å². The van der Waals surface area contributed by atoms with E-state index in [1.165, 1.54) is 25.7 Å². The molecule has 1 aromatic carbocycles. The number of aliphatic hydroxyl groups excluding tert-OH is 1. The lowest BCUT2D eigenvalue weighted by molar-refractivity contribution is 0.0888. The van der Waals surface area contributed by atoms with Gasteiger partial charge in [0.1, 0.15) is 5.75 Å². The minimum Gasteiger partial charge on any atom is -0.497 e. The molecule has 0 spiro atoms. The average Bonchev–Trinajstić information content (AvgIpc) is 2.53. The van der Waals surface area contributed by atoms with Crippen LogP contribution in [-0.2, 0) is 10.0 Å². The Kier molecular flexibility index (Phi) is 5.61. The summed E-state index contributed by atoms with van der Waals surface area (Å²) in [7, 11) is -2.12. The lowest BCUT2D eigenvalue weighted by Gasteiger charge is -2.26. The molecule has 0 saturated heterocycles. The van der Waals surface area contributed by atoms with Crippen molar-refractivity contribution < 1.29 is 18.3 Å². The van der Waals surface area contributed by atoms with Crippen LogP contribution in [0.4, 0.5) is 0 Å². The first-order valence-electron chi connectivity index (χ1n) is 7.35. The third-order valence-corrected chi connectivity index (χ3v) is 5.45. The summed E-state index contributed by atoms with van der Waals surface area (Å²) >= 11 is 0. The van der Waals surface area contributed by atoms with Gasteiger partial charge in [0.25, 0.3) is 0 Å². The molecular weight excluding hydrogens is 290 g/mol. The molecule has 2 N–H and O–H groups in total. The summed E-state index contributed by atoms with van der Waals surface area (Å²) in [6.07, 6.45) is 4.77. The minimum absolute atomic E-state index is 0.0597. The number of nitrogens with one attached hydrogen (secondary N) is 1. The molecule has 1 aliphatic carbocycles. The van der Waals surface area contributed by atoms with E-state index >= 15 is 0 Å². The van der Waals surface area contributed by atoms with Crippen molar-refractivity contribution in [3.63, 3.8) is 0 Å². The van der Waals surface area contributed by atoms with Crippen molar-refractivity contribution in [2.24, 2.45) is 5.92 Å². The van der Waals surface area contributed by atoms with Crippen LogP contribution in [0.15, 0.2) is 29.2 Å². The predicted octanol–water partition coefficient (Wildman–Crippen LogP) is 1.91. The van der Waals surface area contributed by atoms with Crippen LogP contribution in [-0.4, -0.2) is 33.3 Å². The summed E-state index contributed by atoms with van der Waals surface area (Å²) in [4.78, 5) is 0.151. The monoisotopic (exact) mass is 313 g/mol. The molecule has 118 valence electrons. The Morgan fingerprint density at radius 3 is 2.71 bits per heavy atom. The molecule has 1 atom stereocenters. The van der Waals surface area contributed by atoms with E-state index in [4.69, 9.17) is 4.74 Å². The van der Waals surface area contributed by atoms with E-state index in [1.54, 1.807) is 12.1 Å². The number of rotatable bonds is 6. The van der Waals surface area contributed by atoms with Crippen LogP contribution < -0.4 is 9.46 Å². The summed E-state index contributed by atoms with van der Waals surface area (Å²) < 4.78 is 31.9. The van der Waals surface area contributed by atoms with Gasteiger partial charge in [-0.05, 0) is 30.9 Å². The van der Waals surface area contributed by atoms with Gasteiger partial charge in [0.15, 0.2) is 0 Å². The quantitative estimate of drug-likeness (QED) is 0.841. The Hall–Kier alpha value is -1.11. The van der Waals surface area contributed by atoms with Crippen molar-refractivity contribution in [2.75, 3.05) is 13.7 Å². The van der Waals surface area contributed by atoms with E-state index in [0.29, 0.717) is 5.75 Å². The van der Waals surface area contributed by atoms with Crippen molar-refractivity contribution in [1.82, 2.24) is 4.72 Å². The maximum absolute atomic E-state index is 12.2. The summed E-state index contributed by atoms with van der Waals surface area (Å²) in [6, 6.07) is 6.30. The van der Waals surface area contributed by atoms with Gasteiger partial charge >= 0.3 is 0 Å². The summed E-state index contributed by atoms with van der Waals surface area (Å²) in [5.41, 5.74) is 0. The molecule has 0 radical (unpaired) electrons. The van der Waals surface area contributed by atoms with Crippen LogP contribution in [0.5, 0.6) is 5.75 Å². The second-order valence-corrected chi connectivity index (χ2v) is 7.26. The Labute approximate surface area is 126 Å². The molecule has 0 amide bonds. The number of hydrogen-bond donors (Lipinski definition) is 2. The fourth-order valence-electron chi connectivity index (χ4n) is 2.73. The fourth-order valence-corrected chi connectivity index (χ4v) is 3.82. The molecule has 2 rings (SSSR count). The average molecular weight is 313 g/mol. The van der Waals surface area contributed by atoms with Gasteiger partial charge in [-0.2, -0.15) is 0 Å². The van der Waals surface area contributed by atoms with Gasteiger partial charge < -0.3 is 9.84 Å². The molecule has 5 nitrogen and oxygen atoms in total. The van der Waals surface area contributed by atoms with Gasteiger partial charge in [0, 0.05) is 12.6 Å². The third kappa shape index (κ3) is 4.43. The number of hydrogen-bond acceptors (Lipinski definition) is 4. The number of aliphatic hydroxyl groups is 1. The SMILES string of the molecule is COc1cccc(S(=O)(=O)NCC(O)C2CCCCC2)c1. The predicted molar refractivity (Wildman–Crippen MR) is 80.8 cm³/mol. The number of sulfonamides is 1. The van der Waals surface area contributed by atoms with E-state index in [-0.39, 0.29) is 17.4 Å². The van der Waals surface area contributed by atoms with Crippen molar-refractivity contribution in [2.45, 2.75) is 43.1 Å². The highest BCUT2D eigenvalue weighted by molar-refractivity contribution is 7.89. The standard InChI is InChI=1S/C15H23NO4S/c1-20-13-8-5-9-14(10-13)21(18,19)16-11-15(17)12-6-3-2-4-7-12/h5,8-10,12,15-17H,2-4,6-7,11H2,1H3. The van der Waals surface area contributed by atoms with E-state index in [2.05, 4.69) is 4.72 Å². The first kappa shape index (κ1) is 16.3. The zero-order valence-electron chi connectivity index (χ0n) is 12.3. The highest BCUT2D eigenvalue weighted by Gasteiger charge is 2.24. The van der Waals surface area contributed by atoms with Crippen LogP contribution in [0.25, 0.3) is 0 Å². The van der Waals surface area contributed by atoms with Crippen LogP contribution >= 0.6 is 0 Å². The zero-order valence-corrected chi connectivity index (χ0v) is 13.1. The van der Waals surface area contributed by atoms with Crippen LogP contribution in [0.1, 0.15) is 32.1 Å². The number of benzene rings is 1. The van der Waals surface area contributed by atoms with Gasteiger partial charge in [-0.1, -0.05) is 25.3 Å². The Morgan fingerprint density at radius 2 is 2.05 bits per heavy atom. The second-order valence-electron chi connectivity index (χ2n) is 5.50. The summed E-state index contributed by atoms with van der Waals surface area (Å²) in [5.74, 6) is 0.692. The lowest BCUT2D eigenvalue weighted by Crippen LogP contribution is -2.37. The van der Waals surface area contributed by atoms with E-state index in [0.717, 1.165) is 25.7 Å². The van der Waals surface area contributed by atoms with Crippen LogP contribution in [0.3, 0.4) is 0 Å². The molecule has 0 bridgehead atoms. The molecule has 21 heavy (non-hydrogen) atoms. The first-order valence-corrected chi connectivity index (χ1v) is 8.83. The highest BCUT2D eigenvalue weighted by Crippen LogP contribution is 2.26. The van der Waals surface area contributed by atoms with Gasteiger partial charge in [0.2, 0.25) is 10.0 Å². The molecule has 1 fully saturated rings. The van der Waals surface area contributed by atoms with Gasteiger partial charge in [-0.25, -0.2) is 13.1 Å². The summed E-state index contributed by atoms with van der Waals surface area (Å²) in [6.45, 7) is 0.0597. The molecule has 0 heterocycles. The van der Waals surface area contributed by atoms with Crippen LogP contribution in [0.2, 0.25) is 0 Å². The Bertz CT molecular complexity index is 553. The molecule has 0 aliphatic heterocycles. The molecule has 1 unspecified atom stereocenters. The first-order chi connectivity index (χ1) is 10.0. The van der Waals surface area contributed by atoms with Crippen molar-refractivity contribution in [3.8, 4) is 5.75 Å². The Morgan fingerprint density at radius 1 is 1.33 bits per heavy atom. The molecular formula is C15H23NO4S. The largest absolute Gasteiger partial charge is 0.497 e. The zero-order chi connectivity index (χ0) is 15.3. The molecule has 1 aliphatic rings. The molecule has 1 saturated carbocycles. The lowest BCUT2D eigenvalue weighted by atomic mass is 9.85. The minimum atomic E-state index is -3.62. The van der Waals surface area contributed by atoms with E-state index in [1.807, 2.05) is 0 Å². The Balaban J connectivity index is 1.96. The fraction of sp³-hybridized carbons (Fsp3) is 0.600. The van der Waals surface area contributed by atoms with Crippen molar-refractivity contribution in [1.29, 1.82) is 0 Å². The van der Waals surface area contributed by atoms with Gasteiger partial charge in [-0.3, -0.25) is 0 Å². The van der Waals surface area contributed by atoms with Crippen LogP contribution in [0, 0.1) is 5.92 Å². The van der Waals surface area contributed by atoms with E-state index in [9.17, 15) is 13.5 Å². The van der Waals surface area contributed by atoms with Gasteiger partial charge in [0.05, 0.1) is 18.1 Å². The normalized spacial score (nSPS) is 18.4. The maximum atomic E-state index is 12.2. The van der Waals surface area contributed by atoms with E-state index < -0.39 is 16.1 Å². The topological polar surface area (TPSA) is 75.6 Å². The third-order valence-electron chi connectivity index (χ3n) is 4.03. The smallest absolute Gasteiger partial charge is 0.240 e. The number of methoxy groups -OCH3 is 1. The van der Waals surface area contributed by atoms with Crippen molar-refractivity contribution in [3.05, 3.63) is 24.3 Å². The molecule has 6 heteroatoms. The molecule has 0 aromatic heterocycles. The maximum Gasteiger partial charge on any atom is 0.240 e. The molecule has 1 aromatic rings. The summed E-state index contributed by atoms with van der Waals surface area (Å²) in [5, 5.41) is 10.1. The second kappa shape index (κ2) is 7.24. The highest BCUT2D eigenvalue weighted by atomic mass is 32.2.